The first-order valence-electron chi connectivity index (χ1n) is 8.85. The minimum absolute atomic E-state index is 0.0148. The second-order valence-electron chi connectivity index (χ2n) is 6.39. The Morgan fingerprint density at radius 1 is 1.07 bits per heavy atom. The first-order chi connectivity index (χ1) is 14.2. The number of ether oxygens (including phenoxy) is 1. The Bertz CT molecular complexity index is 981. The number of halogens is 5. The van der Waals surface area contributed by atoms with Crippen LogP contribution in [0.4, 0.5) is 13.2 Å². The van der Waals surface area contributed by atoms with Crippen molar-refractivity contribution in [3.8, 4) is 5.75 Å². The number of guanidine groups is 2. The molecule has 0 saturated carbocycles. The van der Waals surface area contributed by atoms with E-state index in [1.165, 1.54) is 23.1 Å². The van der Waals surface area contributed by atoms with Gasteiger partial charge in [-0.15, -0.1) is 0 Å². The van der Waals surface area contributed by atoms with Gasteiger partial charge in [-0.3, -0.25) is 0 Å². The first-order valence-corrected chi connectivity index (χ1v) is 9.60. The molecule has 3 rings (SSSR count). The van der Waals surface area contributed by atoms with Gasteiger partial charge in [-0.25, -0.2) is 4.99 Å². The number of aliphatic imine (C=N–C) groups is 2. The molecule has 4 N–H and O–H groups in total. The Hall–Kier alpha value is -2.65. The fourth-order valence-corrected chi connectivity index (χ4v) is 3.26. The van der Waals surface area contributed by atoms with E-state index >= 15 is 0 Å². The van der Waals surface area contributed by atoms with Crippen molar-refractivity contribution < 1.29 is 17.9 Å². The molecule has 11 heteroatoms. The third kappa shape index (κ3) is 5.09. The minimum atomic E-state index is -4.55. The fourth-order valence-electron chi connectivity index (χ4n) is 2.98. The van der Waals surface area contributed by atoms with Crippen molar-refractivity contribution in [1.82, 2.24) is 4.90 Å². The molecule has 0 spiro atoms. The Balaban J connectivity index is 1.74. The van der Waals surface area contributed by atoms with Gasteiger partial charge in [0.1, 0.15) is 5.75 Å². The minimum Gasteiger partial charge on any atom is -0.493 e. The summed E-state index contributed by atoms with van der Waals surface area (Å²) in [6.45, 7) is 0.499. The van der Waals surface area contributed by atoms with E-state index in [0.717, 1.165) is 6.07 Å². The van der Waals surface area contributed by atoms with E-state index in [1.807, 2.05) is 0 Å². The van der Waals surface area contributed by atoms with Gasteiger partial charge in [0.05, 0.1) is 22.2 Å². The Kier molecular flexibility index (Phi) is 6.62. The van der Waals surface area contributed by atoms with Crippen LogP contribution in [0.5, 0.6) is 5.75 Å². The summed E-state index contributed by atoms with van der Waals surface area (Å²) in [5, 5.41) is 0.762. The van der Waals surface area contributed by atoms with E-state index in [1.54, 1.807) is 18.2 Å². The van der Waals surface area contributed by atoms with Crippen molar-refractivity contribution in [3.05, 3.63) is 63.6 Å². The number of benzene rings is 2. The van der Waals surface area contributed by atoms with Crippen LogP contribution in [0, 0.1) is 0 Å². The average Bonchev–Trinajstić information content (AvgIpc) is 2.68. The molecular formula is C19H18Cl2F3N5O. The van der Waals surface area contributed by atoms with Crippen molar-refractivity contribution >= 4 is 35.1 Å². The first kappa shape index (κ1) is 22.0. The highest BCUT2D eigenvalue weighted by atomic mass is 35.5. The molecule has 0 bridgehead atoms. The van der Waals surface area contributed by atoms with Crippen molar-refractivity contribution in [1.29, 1.82) is 0 Å². The lowest BCUT2D eigenvalue weighted by atomic mass is 10.0. The van der Waals surface area contributed by atoms with Gasteiger partial charge in [-0.2, -0.15) is 18.2 Å². The van der Waals surface area contributed by atoms with Gasteiger partial charge >= 0.3 is 6.18 Å². The molecule has 2 aromatic rings. The number of hydrogen-bond donors (Lipinski definition) is 2. The van der Waals surface area contributed by atoms with E-state index in [4.69, 9.17) is 39.4 Å². The summed E-state index contributed by atoms with van der Waals surface area (Å²) in [6.07, 6.45) is -5.17. The van der Waals surface area contributed by atoms with Gasteiger partial charge in [0.25, 0.3) is 0 Å². The molecule has 0 fully saturated rings. The number of hydrogen-bond acceptors (Lipinski definition) is 6. The van der Waals surface area contributed by atoms with Crippen LogP contribution in [0.1, 0.15) is 23.7 Å². The smallest absolute Gasteiger partial charge is 0.416 e. The van der Waals surface area contributed by atoms with Crippen molar-refractivity contribution in [3.63, 3.8) is 0 Å². The molecule has 6 nitrogen and oxygen atoms in total. The predicted octanol–water partition coefficient (Wildman–Crippen LogP) is 4.42. The van der Waals surface area contributed by atoms with Crippen LogP contribution >= 0.6 is 23.2 Å². The molecule has 30 heavy (non-hydrogen) atoms. The second-order valence-corrected chi connectivity index (χ2v) is 7.20. The SMILES string of the molecule is NC1=NC(c2ccccc2C(F)(F)F)N(CCCOc2ccc(Cl)c(Cl)c2)C(N)=N1. The molecule has 0 amide bonds. The summed E-state index contributed by atoms with van der Waals surface area (Å²) < 4.78 is 46.1. The number of nitrogens with two attached hydrogens (primary N) is 2. The van der Waals surface area contributed by atoms with Crippen LogP contribution in [0.15, 0.2) is 52.4 Å². The quantitative estimate of drug-likeness (QED) is 0.625. The van der Waals surface area contributed by atoms with E-state index in [2.05, 4.69) is 9.98 Å². The lowest BCUT2D eigenvalue weighted by molar-refractivity contribution is -0.138. The fraction of sp³-hybridized carbons (Fsp3) is 0.263. The maximum atomic E-state index is 13.5. The average molecular weight is 460 g/mol. The van der Waals surface area contributed by atoms with Gasteiger partial charge in [0.2, 0.25) is 11.9 Å². The molecule has 1 unspecified atom stereocenters. The lowest BCUT2D eigenvalue weighted by Gasteiger charge is -2.33. The van der Waals surface area contributed by atoms with Gasteiger partial charge < -0.3 is 21.1 Å². The molecule has 160 valence electrons. The van der Waals surface area contributed by atoms with Crippen molar-refractivity contribution in [2.45, 2.75) is 18.8 Å². The molecular weight excluding hydrogens is 442 g/mol. The normalized spacial score (nSPS) is 16.8. The topological polar surface area (TPSA) is 89.2 Å². The summed E-state index contributed by atoms with van der Waals surface area (Å²) in [5.41, 5.74) is 10.7. The molecule has 1 heterocycles. The lowest BCUT2D eigenvalue weighted by Crippen LogP contribution is -2.45. The van der Waals surface area contributed by atoms with Crippen LogP contribution in [-0.4, -0.2) is 30.0 Å². The number of nitrogens with zero attached hydrogens (tertiary/aromatic N) is 3. The van der Waals surface area contributed by atoms with Crippen LogP contribution in [0.25, 0.3) is 0 Å². The van der Waals surface area contributed by atoms with Crippen LogP contribution in [0.3, 0.4) is 0 Å². The van der Waals surface area contributed by atoms with Gasteiger partial charge in [0, 0.05) is 18.2 Å². The summed E-state index contributed by atoms with van der Waals surface area (Å²) in [5.74, 6) is 0.322. The monoisotopic (exact) mass is 459 g/mol. The molecule has 0 saturated heterocycles. The van der Waals surface area contributed by atoms with Gasteiger partial charge in [0.15, 0.2) is 6.17 Å². The third-order valence-corrected chi connectivity index (χ3v) is 5.06. The third-order valence-electron chi connectivity index (χ3n) is 4.32. The molecule has 1 atom stereocenters. The molecule has 1 aliphatic rings. The van der Waals surface area contributed by atoms with E-state index < -0.39 is 17.9 Å². The number of alkyl halides is 3. The maximum Gasteiger partial charge on any atom is 0.416 e. The molecule has 1 aliphatic heterocycles. The standard InChI is InChI=1S/C19H18Cl2F3N5O/c20-14-7-6-11(10-15(14)21)30-9-3-8-29-16(27-17(25)28-18(29)26)12-4-1-2-5-13(12)19(22,23)24/h1-2,4-7,10,16H,3,8-9H2,(H4,25,26,27,28). The summed E-state index contributed by atoms with van der Waals surface area (Å²) in [7, 11) is 0. The molecule has 0 aliphatic carbocycles. The summed E-state index contributed by atoms with van der Waals surface area (Å²) in [4.78, 5) is 9.44. The summed E-state index contributed by atoms with van der Waals surface area (Å²) >= 11 is 11.8. The molecule has 0 aromatic heterocycles. The summed E-state index contributed by atoms with van der Waals surface area (Å²) in [6, 6.07) is 10.0. The van der Waals surface area contributed by atoms with Gasteiger partial charge in [-0.1, -0.05) is 41.4 Å². The van der Waals surface area contributed by atoms with Crippen molar-refractivity contribution in [2.75, 3.05) is 13.2 Å². The highest BCUT2D eigenvalue weighted by molar-refractivity contribution is 6.42. The van der Waals surface area contributed by atoms with E-state index in [-0.39, 0.29) is 30.6 Å². The zero-order valence-corrected chi connectivity index (χ0v) is 17.0. The largest absolute Gasteiger partial charge is 0.493 e. The maximum absolute atomic E-state index is 13.5. The zero-order valence-electron chi connectivity index (χ0n) is 15.5. The van der Waals surface area contributed by atoms with Gasteiger partial charge in [-0.05, 0) is 24.6 Å². The van der Waals surface area contributed by atoms with Crippen LogP contribution in [0.2, 0.25) is 10.0 Å². The zero-order chi connectivity index (χ0) is 21.9. The Morgan fingerprint density at radius 2 is 1.80 bits per heavy atom. The van der Waals surface area contributed by atoms with E-state index in [9.17, 15) is 13.2 Å². The van der Waals surface area contributed by atoms with Crippen molar-refractivity contribution in [2.24, 2.45) is 21.5 Å². The molecule has 2 aromatic carbocycles. The number of rotatable bonds is 6. The second kappa shape index (κ2) is 9.01. The Labute approximate surface area is 180 Å². The Morgan fingerprint density at radius 3 is 2.50 bits per heavy atom. The highest BCUT2D eigenvalue weighted by Crippen LogP contribution is 2.37. The highest BCUT2D eigenvalue weighted by Gasteiger charge is 2.37. The van der Waals surface area contributed by atoms with Crippen LogP contribution < -0.4 is 16.2 Å². The van der Waals surface area contributed by atoms with Crippen LogP contribution in [-0.2, 0) is 6.18 Å². The van der Waals surface area contributed by atoms with E-state index in [0.29, 0.717) is 22.2 Å². The predicted molar refractivity (Wildman–Crippen MR) is 111 cm³/mol. The molecule has 0 radical (unpaired) electrons.